The molecule has 0 aliphatic carbocycles. The van der Waals surface area contributed by atoms with Crippen LogP contribution in [0.15, 0.2) is 60.7 Å². The minimum Gasteiger partial charge on any atom is -0.386 e. The van der Waals surface area contributed by atoms with Crippen molar-refractivity contribution >= 4 is 17.1 Å². The van der Waals surface area contributed by atoms with Crippen molar-refractivity contribution in [2.75, 3.05) is 19.0 Å². The molecule has 0 fully saturated rings. The number of aromatic nitrogens is 3. The van der Waals surface area contributed by atoms with Gasteiger partial charge in [-0.2, -0.15) is 5.10 Å². The Morgan fingerprint density at radius 2 is 1.78 bits per heavy atom. The smallest absolute Gasteiger partial charge is 0.168 e. The Hall–Kier alpha value is -3.51. The largest absolute Gasteiger partial charge is 0.386 e. The topological polar surface area (TPSA) is 70.7 Å². The van der Waals surface area contributed by atoms with Gasteiger partial charge in [0.1, 0.15) is 0 Å². The van der Waals surface area contributed by atoms with Gasteiger partial charge in [0, 0.05) is 37.0 Å². The van der Waals surface area contributed by atoms with Crippen LogP contribution < -0.4 is 4.90 Å². The Bertz CT molecular complexity index is 1280. The maximum Gasteiger partial charge on any atom is 0.168 e. The number of rotatable bonds is 6. The van der Waals surface area contributed by atoms with E-state index in [2.05, 4.69) is 22.1 Å². The maximum atomic E-state index is 13.0. The molecule has 0 unspecified atom stereocenters. The summed E-state index contributed by atoms with van der Waals surface area (Å²) in [6.45, 7) is 5.39. The molecule has 1 N–H and O–H groups in total. The van der Waals surface area contributed by atoms with Gasteiger partial charge in [-0.3, -0.25) is 4.79 Å². The van der Waals surface area contributed by atoms with Crippen LogP contribution in [0.3, 0.4) is 0 Å². The highest BCUT2D eigenvalue weighted by molar-refractivity contribution is 5.97. The van der Waals surface area contributed by atoms with Crippen molar-refractivity contribution in [2.24, 2.45) is 0 Å². The molecule has 0 aliphatic heterocycles. The van der Waals surface area contributed by atoms with Crippen molar-refractivity contribution in [3.63, 3.8) is 0 Å². The van der Waals surface area contributed by atoms with Crippen molar-refractivity contribution < 1.29 is 9.90 Å². The summed E-state index contributed by atoms with van der Waals surface area (Å²) in [4.78, 5) is 19.7. The molecule has 6 nitrogen and oxygen atoms in total. The Morgan fingerprint density at radius 1 is 1.06 bits per heavy atom. The van der Waals surface area contributed by atoms with Crippen molar-refractivity contribution in [2.45, 2.75) is 32.8 Å². The zero-order valence-corrected chi connectivity index (χ0v) is 19.1. The van der Waals surface area contributed by atoms with E-state index in [4.69, 9.17) is 4.98 Å². The zero-order valence-electron chi connectivity index (χ0n) is 19.1. The third kappa shape index (κ3) is 4.41. The lowest BCUT2D eigenvalue weighted by Crippen LogP contribution is -2.15. The first kappa shape index (κ1) is 21.7. The van der Waals surface area contributed by atoms with E-state index in [-0.39, 0.29) is 12.2 Å². The summed E-state index contributed by atoms with van der Waals surface area (Å²) in [5.74, 6) is -0.0200. The summed E-state index contributed by atoms with van der Waals surface area (Å²) >= 11 is 0. The number of hydrogen-bond donors (Lipinski definition) is 1. The van der Waals surface area contributed by atoms with Gasteiger partial charge < -0.3 is 10.0 Å². The standard InChI is InChI=1S/C26H28N4O2/c1-17-13-25-27-21(16-24(31)18-9-11-20(12-10-18)26(2,3)32)15-23(30(25)28-17)19-7-6-8-22(14-19)29(4)5/h6-15,32H,16H2,1-5H3. The number of aliphatic hydroxyl groups is 1. The Morgan fingerprint density at radius 3 is 2.44 bits per heavy atom. The number of hydrogen-bond acceptors (Lipinski definition) is 5. The number of nitrogens with zero attached hydrogens (tertiary/aromatic N) is 4. The number of carbonyl (C=O) groups excluding carboxylic acids is 1. The van der Waals surface area contributed by atoms with Crippen LogP contribution in [-0.2, 0) is 12.0 Å². The molecule has 4 aromatic rings. The summed E-state index contributed by atoms with van der Waals surface area (Å²) in [6.07, 6.45) is 0.183. The molecular formula is C26H28N4O2. The number of carbonyl (C=O) groups is 1. The van der Waals surface area contributed by atoms with Gasteiger partial charge in [0.25, 0.3) is 0 Å². The van der Waals surface area contributed by atoms with Crippen molar-refractivity contribution in [3.05, 3.63) is 83.2 Å². The predicted molar refractivity (Wildman–Crippen MR) is 127 cm³/mol. The van der Waals surface area contributed by atoms with Gasteiger partial charge in [-0.1, -0.05) is 36.4 Å². The first-order valence-corrected chi connectivity index (χ1v) is 10.6. The van der Waals surface area contributed by atoms with Gasteiger partial charge in [0.05, 0.1) is 29.1 Å². The number of benzene rings is 2. The lowest BCUT2D eigenvalue weighted by molar-refractivity contribution is 0.0784. The number of aryl methyl sites for hydroxylation is 1. The molecule has 0 bridgehead atoms. The molecule has 32 heavy (non-hydrogen) atoms. The van der Waals surface area contributed by atoms with E-state index in [1.54, 1.807) is 38.1 Å². The first-order valence-electron chi connectivity index (χ1n) is 10.6. The average molecular weight is 429 g/mol. The van der Waals surface area contributed by atoms with Crippen LogP contribution >= 0.6 is 0 Å². The normalized spacial score (nSPS) is 11.7. The van der Waals surface area contributed by atoms with E-state index in [1.807, 2.05) is 49.8 Å². The van der Waals surface area contributed by atoms with E-state index >= 15 is 0 Å². The second kappa shape index (κ2) is 8.20. The number of Topliss-reactive ketones (excluding diaryl/α,β-unsaturated/α-hetero) is 1. The highest BCUT2D eigenvalue weighted by Gasteiger charge is 2.18. The second-order valence-electron chi connectivity index (χ2n) is 8.87. The summed E-state index contributed by atoms with van der Waals surface area (Å²) in [6, 6.07) is 19.2. The SMILES string of the molecule is Cc1cc2nc(CC(=O)c3ccc(C(C)(C)O)cc3)cc(-c3cccc(N(C)C)c3)n2n1. The van der Waals surface area contributed by atoms with Gasteiger partial charge >= 0.3 is 0 Å². The first-order chi connectivity index (χ1) is 15.1. The van der Waals surface area contributed by atoms with Crippen LogP contribution in [0.2, 0.25) is 0 Å². The molecule has 0 saturated heterocycles. The Kier molecular flexibility index (Phi) is 5.57. The quantitative estimate of drug-likeness (QED) is 0.460. The molecule has 0 aliphatic rings. The van der Waals surface area contributed by atoms with Gasteiger partial charge in [-0.25, -0.2) is 9.50 Å². The lowest BCUT2D eigenvalue weighted by atomic mass is 9.96. The molecule has 2 aromatic carbocycles. The minimum absolute atomic E-state index is 0.0200. The van der Waals surface area contributed by atoms with E-state index < -0.39 is 5.60 Å². The van der Waals surface area contributed by atoms with Gasteiger partial charge in [0.2, 0.25) is 0 Å². The fourth-order valence-corrected chi connectivity index (χ4v) is 3.71. The predicted octanol–water partition coefficient (Wildman–Crippen LogP) is 4.42. The Labute approximate surface area is 188 Å². The van der Waals surface area contributed by atoms with Crippen LogP contribution in [0.1, 0.15) is 41.2 Å². The zero-order chi connectivity index (χ0) is 23.0. The average Bonchev–Trinajstić information content (AvgIpc) is 3.12. The number of fused-ring (bicyclic) bond motifs is 1. The molecule has 6 heteroatoms. The third-order valence-electron chi connectivity index (χ3n) is 5.52. The molecule has 0 spiro atoms. The number of anilines is 1. The van der Waals surface area contributed by atoms with E-state index in [9.17, 15) is 9.90 Å². The summed E-state index contributed by atoms with van der Waals surface area (Å²) < 4.78 is 1.83. The number of ketones is 1. The molecule has 2 heterocycles. The molecule has 0 atom stereocenters. The van der Waals surface area contributed by atoms with Gasteiger partial charge in [-0.15, -0.1) is 0 Å². The lowest BCUT2D eigenvalue weighted by Gasteiger charge is -2.17. The van der Waals surface area contributed by atoms with Gasteiger partial charge in [-0.05, 0) is 44.5 Å². The van der Waals surface area contributed by atoms with E-state index in [0.29, 0.717) is 11.3 Å². The van der Waals surface area contributed by atoms with Crippen LogP contribution in [-0.4, -0.2) is 39.6 Å². The van der Waals surface area contributed by atoms with Crippen LogP contribution in [0, 0.1) is 6.92 Å². The minimum atomic E-state index is -0.940. The fraction of sp³-hybridized carbons (Fsp3) is 0.269. The van der Waals surface area contributed by atoms with Crippen LogP contribution in [0.25, 0.3) is 16.9 Å². The maximum absolute atomic E-state index is 13.0. The van der Waals surface area contributed by atoms with Crippen LogP contribution in [0.4, 0.5) is 5.69 Å². The van der Waals surface area contributed by atoms with Gasteiger partial charge in [0.15, 0.2) is 11.4 Å². The molecule has 0 amide bonds. The second-order valence-corrected chi connectivity index (χ2v) is 8.87. The fourth-order valence-electron chi connectivity index (χ4n) is 3.71. The summed E-state index contributed by atoms with van der Waals surface area (Å²) in [5.41, 5.74) is 5.70. The van der Waals surface area contributed by atoms with E-state index in [1.165, 1.54) is 0 Å². The van der Waals surface area contributed by atoms with Crippen molar-refractivity contribution in [1.82, 2.24) is 14.6 Å². The van der Waals surface area contributed by atoms with Crippen molar-refractivity contribution in [1.29, 1.82) is 0 Å². The Balaban J connectivity index is 1.71. The molecule has 0 saturated carbocycles. The van der Waals surface area contributed by atoms with Crippen LogP contribution in [0.5, 0.6) is 0 Å². The molecule has 4 rings (SSSR count). The molecular weight excluding hydrogens is 400 g/mol. The molecule has 164 valence electrons. The summed E-state index contributed by atoms with van der Waals surface area (Å²) in [7, 11) is 4.01. The molecule has 2 aromatic heterocycles. The van der Waals surface area contributed by atoms with Crippen molar-refractivity contribution in [3.8, 4) is 11.3 Å². The monoisotopic (exact) mass is 428 g/mol. The summed E-state index contributed by atoms with van der Waals surface area (Å²) in [5, 5.41) is 14.7. The highest BCUT2D eigenvalue weighted by Crippen LogP contribution is 2.26. The highest BCUT2D eigenvalue weighted by atomic mass is 16.3. The molecule has 0 radical (unpaired) electrons. The van der Waals surface area contributed by atoms with E-state index in [0.717, 1.165) is 33.8 Å². The third-order valence-corrected chi connectivity index (χ3v) is 5.52.